The van der Waals surface area contributed by atoms with E-state index in [1.807, 2.05) is 0 Å². The molecule has 0 aromatic carbocycles. The third-order valence-electron chi connectivity index (χ3n) is 4.27. The minimum Gasteiger partial charge on any atom is -0.392 e. The van der Waals surface area contributed by atoms with Crippen molar-refractivity contribution in [2.45, 2.75) is 37.4 Å². The predicted molar refractivity (Wildman–Crippen MR) is 79.1 cm³/mol. The van der Waals surface area contributed by atoms with Gasteiger partial charge in [0.1, 0.15) is 5.69 Å². The maximum Gasteiger partial charge on any atom is 0.310 e. The largest absolute Gasteiger partial charge is 0.392 e. The number of nitrogens with zero attached hydrogens (tertiary/aromatic N) is 3. The lowest BCUT2D eigenvalue weighted by atomic mass is 9.94. The van der Waals surface area contributed by atoms with Gasteiger partial charge < -0.3 is 15.6 Å². The van der Waals surface area contributed by atoms with Gasteiger partial charge in [-0.3, -0.25) is 4.99 Å². The summed E-state index contributed by atoms with van der Waals surface area (Å²) in [7, 11) is 0. The Morgan fingerprint density at radius 3 is 3.00 bits per heavy atom. The molecule has 6 nitrogen and oxygen atoms in total. The van der Waals surface area contributed by atoms with Crippen molar-refractivity contribution in [2.75, 3.05) is 12.3 Å². The second kappa shape index (κ2) is 5.63. The highest BCUT2D eigenvalue weighted by atomic mass is 19.1. The van der Waals surface area contributed by atoms with Crippen molar-refractivity contribution >= 4 is 17.7 Å². The van der Waals surface area contributed by atoms with Crippen molar-refractivity contribution in [3.63, 3.8) is 0 Å². The van der Waals surface area contributed by atoms with Crippen LogP contribution >= 0.6 is 0 Å². The Labute approximate surface area is 127 Å². The molecule has 3 atom stereocenters. The van der Waals surface area contributed by atoms with E-state index in [2.05, 4.69) is 20.9 Å². The Balaban J connectivity index is 1.79. The lowest BCUT2D eigenvalue weighted by Gasteiger charge is -2.24. The summed E-state index contributed by atoms with van der Waals surface area (Å²) in [5.41, 5.74) is 5.73. The van der Waals surface area contributed by atoms with Crippen LogP contribution in [0, 0.1) is 24.3 Å². The fourth-order valence-electron chi connectivity index (χ4n) is 2.99. The molecule has 1 saturated heterocycles. The van der Waals surface area contributed by atoms with Crippen LogP contribution in [0.1, 0.15) is 25.0 Å². The van der Waals surface area contributed by atoms with E-state index < -0.39 is 11.7 Å². The Hall–Kier alpha value is -2.04. The zero-order valence-corrected chi connectivity index (χ0v) is 12.0. The van der Waals surface area contributed by atoms with Gasteiger partial charge in [0.2, 0.25) is 0 Å². The molecule has 0 bridgehead atoms. The molecule has 0 aliphatic carbocycles. The standard InChI is InChI=1S/C15H17FN4O2/c1-2-15(8-21)6-5-11(22-15)9-3-4-10-12(18-7-9)13(17)20-14(16)19-10/h1,7,9,11,21H,3-6,8H2,(H2,17,19,20)/t9?,11-,15+/m1/s1. The van der Waals surface area contributed by atoms with Gasteiger partial charge >= 0.3 is 6.08 Å². The molecule has 0 saturated carbocycles. The van der Waals surface area contributed by atoms with E-state index in [0.717, 1.165) is 6.42 Å². The van der Waals surface area contributed by atoms with E-state index in [1.54, 1.807) is 6.21 Å². The number of hydrogen-bond donors (Lipinski definition) is 2. The van der Waals surface area contributed by atoms with Crippen molar-refractivity contribution in [1.82, 2.24) is 9.97 Å². The van der Waals surface area contributed by atoms with E-state index in [0.29, 0.717) is 30.6 Å². The van der Waals surface area contributed by atoms with Crippen LogP contribution in [0.2, 0.25) is 0 Å². The molecule has 2 aliphatic heterocycles. The van der Waals surface area contributed by atoms with Crippen LogP contribution in [0.5, 0.6) is 0 Å². The smallest absolute Gasteiger partial charge is 0.310 e. The molecule has 1 fully saturated rings. The number of aromatic nitrogens is 2. The van der Waals surface area contributed by atoms with Crippen LogP contribution in [0.4, 0.5) is 15.9 Å². The minimum atomic E-state index is -0.900. The molecule has 0 spiro atoms. The summed E-state index contributed by atoms with van der Waals surface area (Å²) in [5.74, 6) is 2.59. The molecule has 1 aromatic rings. The van der Waals surface area contributed by atoms with Gasteiger partial charge in [0.15, 0.2) is 11.4 Å². The van der Waals surface area contributed by atoms with Crippen molar-refractivity contribution in [3.8, 4) is 12.3 Å². The van der Waals surface area contributed by atoms with E-state index >= 15 is 0 Å². The fourth-order valence-corrected chi connectivity index (χ4v) is 2.99. The highest BCUT2D eigenvalue weighted by molar-refractivity contribution is 5.73. The number of nitrogens with two attached hydrogens (primary N) is 1. The predicted octanol–water partition coefficient (Wildman–Crippen LogP) is 1.01. The van der Waals surface area contributed by atoms with Crippen LogP contribution in [0.3, 0.4) is 0 Å². The summed E-state index contributed by atoms with van der Waals surface area (Å²) in [5, 5.41) is 9.42. The molecule has 1 aromatic heterocycles. The van der Waals surface area contributed by atoms with Crippen LogP contribution in [0.25, 0.3) is 0 Å². The third-order valence-corrected chi connectivity index (χ3v) is 4.27. The molecule has 22 heavy (non-hydrogen) atoms. The Morgan fingerprint density at radius 2 is 2.32 bits per heavy atom. The number of aliphatic hydroxyl groups is 1. The first kappa shape index (κ1) is 14.9. The second-order valence-corrected chi connectivity index (χ2v) is 5.65. The van der Waals surface area contributed by atoms with Crippen LogP contribution in [-0.2, 0) is 11.2 Å². The van der Waals surface area contributed by atoms with Crippen LogP contribution < -0.4 is 5.73 Å². The van der Waals surface area contributed by atoms with Gasteiger partial charge in [-0.25, -0.2) is 4.98 Å². The van der Waals surface area contributed by atoms with Crippen molar-refractivity contribution in [3.05, 3.63) is 11.8 Å². The van der Waals surface area contributed by atoms with E-state index in [4.69, 9.17) is 16.9 Å². The molecule has 0 amide bonds. The maximum atomic E-state index is 13.3. The second-order valence-electron chi connectivity index (χ2n) is 5.65. The minimum absolute atomic E-state index is 0.0124. The average molecular weight is 304 g/mol. The monoisotopic (exact) mass is 304 g/mol. The maximum absolute atomic E-state index is 13.3. The number of aliphatic imine (C=N–C) groups is 1. The Morgan fingerprint density at radius 1 is 1.50 bits per heavy atom. The first-order chi connectivity index (χ1) is 10.6. The number of fused-ring (bicyclic) bond motifs is 1. The average Bonchev–Trinajstić information content (AvgIpc) is 2.82. The van der Waals surface area contributed by atoms with Crippen LogP contribution in [0.15, 0.2) is 4.99 Å². The Kier molecular flexibility index (Phi) is 3.81. The van der Waals surface area contributed by atoms with Gasteiger partial charge in [-0.2, -0.15) is 9.37 Å². The summed E-state index contributed by atoms with van der Waals surface area (Å²) in [6, 6.07) is 0. The first-order valence-electron chi connectivity index (χ1n) is 7.19. The molecule has 7 heteroatoms. The molecule has 0 radical (unpaired) electrons. The molecule has 1 unspecified atom stereocenters. The summed E-state index contributed by atoms with van der Waals surface area (Å²) < 4.78 is 19.1. The number of aliphatic hydroxyl groups excluding tert-OH is 1. The highest BCUT2D eigenvalue weighted by Crippen LogP contribution is 2.36. The van der Waals surface area contributed by atoms with E-state index in [-0.39, 0.29) is 24.4 Å². The third kappa shape index (κ3) is 2.56. The van der Waals surface area contributed by atoms with Crippen LogP contribution in [-0.4, -0.2) is 39.6 Å². The van der Waals surface area contributed by atoms with Gasteiger partial charge in [0, 0.05) is 12.1 Å². The van der Waals surface area contributed by atoms with Crippen molar-refractivity contribution < 1.29 is 14.2 Å². The quantitative estimate of drug-likeness (QED) is 0.628. The summed E-state index contributed by atoms with van der Waals surface area (Å²) in [4.78, 5) is 11.6. The SMILES string of the molecule is C#C[C@@]1(CO)CC[C@H](C2C=Nc3c(N)nc(F)nc3CC2)O1. The number of rotatable bonds is 2. The number of nitrogen functional groups attached to an aromatic ring is 1. The van der Waals surface area contributed by atoms with Gasteiger partial charge in [0.25, 0.3) is 0 Å². The lowest BCUT2D eigenvalue weighted by molar-refractivity contribution is -0.0455. The highest BCUT2D eigenvalue weighted by Gasteiger charge is 2.41. The van der Waals surface area contributed by atoms with E-state index in [9.17, 15) is 9.50 Å². The summed E-state index contributed by atoms with van der Waals surface area (Å²) in [6.45, 7) is -0.201. The zero-order valence-electron chi connectivity index (χ0n) is 12.0. The molecule has 3 heterocycles. The van der Waals surface area contributed by atoms with Crippen molar-refractivity contribution in [1.29, 1.82) is 0 Å². The number of ether oxygens (including phenoxy) is 1. The number of halogens is 1. The van der Waals surface area contributed by atoms with Gasteiger partial charge in [0.05, 0.1) is 18.4 Å². The first-order valence-corrected chi connectivity index (χ1v) is 7.19. The van der Waals surface area contributed by atoms with Crippen molar-refractivity contribution in [2.24, 2.45) is 10.9 Å². The Bertz CT molecular complexity index is 658. The number of anilines is 1. The topological polar surface area (TPSA) is 93.6 Å². The molecule has 2 aliphatic rings. The molecule has 116 valence electrons. The molecular weight excluding hydrogens is 287 g/mol. The van der Waals surface area contributed by atoms with Gasteiger partial charge in [-0.05, 0) is 25.7 Å². The molecule has 3 rings (SSSR count). The molecule has 3 N–H and O–H groups in total. The fraction of sp³-hybridized carbons (Fsp3) is 0.533. The summed E-state index contributed by atoms with van der Waals surface area (Å²) in [6.07, 6.45) is 8.83. The number of aryl methyl sites for hydroxylation is 1. The normalized spacial score (nSPS) is 30.6. The lowest BCUT2D eigenvalue weighted by Crippen LogP contribution is -2.33. The zero-order chi connectivity index (χ0) is 15.7. The number of hydrogen-bond acceptors (Lipinski definition) is 6. The van der Waals surface area contributed by atoms with Gasteiger partial charge in [-0.1, -0.05) is 5.92 Å². The summed E-state index contributed by atoms with van der Waals surface area (Å²) >= 11 is 0. The van der Waals surface area contributed by atoms with Gasteiger partial charge in [-0.15, -0.1) is 6.42 Å². The number of terminal acetylenes is 1. The van der Waals surface area contributed by atoms with E-state index in [1.165, 1.54) is 0 Å². The molecular formula is C15H17FN4O2.